The van der Waals surface area contributed by atoms with Crippen LogP contribution >= 0.6 is 12.6 Å². The Morgan fingerprint density at radius 3 is 1.55 bits per heavy atom. The zero-order chi connectivity index (χ0) is 15.4. The van der Waals surface area contributed by atoms with Crippen molar-refractivity contribution in [1.29, 1.82) is 5.39 Å². The number of rotatable bonds is 0. The third kappa shape index (κ3) is 14.1. The van der Waals surface area contributed by atoms with Gasteiger partial charge in [-0.25, -0.2) is 8.42 Å². The molecule has 0 atom stereocenters. The molecule has 0 aliphatic carbocycles. The Balaban J connectivity index is 0.000000288. The molecule has 0 saturated carbocycles. The Bertz CT molecular complexity index is 588. The maximum atomic E-state index is 8.63. The number of thiol groups is 1. The summed E-state index contributed by atoms with van der Waals surface area (Å²) in [7, 11) is -4.92. The number of nitrogens with zero attached hydrogens (tertiary/aromatic N) is 2. The van der Waals surface area contributed by atoms with Crippen molar-refractivity contribution in [3.63, 3.8) is 0 Å². The largest absolute Gasteiger partial charge is 0.726 e. The van der Waals surface area contributed by atoms with Crippen LogP contribution in [0.25, 0.3) is 4.98 Å². The zero-order valence-corrected chi connectivity index (χ0v) is 11.9. The van der Waals surface area contributed by atoms with Crippen LogP contribution in [0.5, 0.6) is 0 Å². The molecule has 0 spiro atoms. The lowest BCUT2D eigenvalue weighted by molar-refractivity contribution is 0.366. The minimum absolute atomic E-state index is 0.549. The molecule has 0 saturated heterocycles. The van der Waals surface area contributed by atoms with Crippen molar-refractivity contribution in [2.75, 3.05) is 0 Å². The molecule has 0 bridgehead atoms. The van der Waals surface area contributed by atoms with Gasteiger partial charge in [0.05, 0.1) is 0 Å². The molecule has 1 N–H and O–H groups in total. The van der Waals surface area contributed by atoms with Crippen LogP contribution in [-0.2, 0) is 10.4 Å². The monoisotopic (exact) mass is 312 g/mol. The molecule has 0 aliphatic heterocycles. The predicted molar refractivity (Wildman–Crippen MR) is 77.2 cm³/mol. The Labute approximate surface area is 122 Å². The first-order valence-corrected chi connectivity index (χ1v) is 6.96. The van der Waals surface area contributed by atoms with Crippen molar-refractivity contribution in [3.05, 3.63) is 65.6 Å². The Kier molecular flexibility index (Phi) is 8.98. The standard InChI is InChI=1S/C6H4N2S.C6H6.H2O4S/c7-8-5-1-3-6(9)4-2-5;1-2-4-6-5-3-1;1-5(2,3)4/h1-4H;1-6H;(H2,1,2,3,4). The topological polar surface area (TPSA) is 106 Å². The number of hydrogen-bond acceptors (Lipinski definition) is 5. The van der Waals surface area contributed by atoms with Crippen molar-refractivity contribution in [1.82, 2.24) is 0 Å². The molecule has 6 nitrogen and oxygen atoms in total. The molecule has 2 aromatic carbocycles. The van der Waals surface area contributed by atoms with Gasteiger partial charge in [0.1, 0.15) is 0 Å². The van der Waals surface area contributed by atoms with Crippen LogP contribution in [0.4, 0.5) is 5.69 Å². The molecular weight excluding hydrogens is 300 g/mol. The molecular formula is C12H12N2O4S2. The van der Waals surface area contributed by atoms with Gasteiger partial charge in [-0.15, -0.1) is 12.6 Å². The summed E-state index contributed by atoms with van der Waals surface area (Å²) in [6, 6.07) is 18.9. The highest BCUT2D eigenvalue weighted by molar-refractivity contribution is 7.80. The van der Waals surface area contributed by atoms with E-state index in [9.17, 15) is 0 Å². The summed E-state index contributed by atoms with van der Waals surface area (Å²) in [5.74, 6) is 0. The second-order valence-corrected chi connectivity index (χ2v) is 4.57. The van der Waals surface area contributed by atoms with Crippen molar-refractivity contribution in [3.8, 4) is 0 Å². The van der Waals surface area contributed by atoms with Gasteiger partial charge in [-0.05, 0) is 12.1 Å². The van der Waals surface area contributed by atoms with Crippen LogP contribution < -0.4 is 0 Å². The van der Waals surface area contributed by atoms with E-state index in [0.717, 1.165) is 4.90 Å². The summed E-state index contributed by atoms with van der Waals surface area (Å²) in [4.78, 5) is 3.84. The summed E-state index contributed by atoms with van der Waals surface area (Å²) in [6.45, 7) is 0. The fraction of sp³-hybridized carbons (Fsp3) is 0. The molecule has 0 fully saturated rings. The summed E-state index contributed by atoms with van der Waals surface area (Å²) in [6.07, 6.45) is 0. The maximum Gasteiger partial charge on any atom is 0.385 e. The van der Waals surface area contributed by atoms with Gasteiger partial charge < -0.3 is 4.55 Å². The summed E-state index contributed by atoms with van der Waals surface area (Å²) >= 11 is 4.05. The van der Waals surface area contributed by atoms with Crippen molar-refractivity contribution < 1.29 is 17.5 Å². The average molecular weight is 312 g/mol. The lowest BCUT2D eigenvalue weighted by atomic mass is 10.3. The molecule has 0 heterocycles. The molecule has 8 heteroatoms. The first kappa shape index (κ1) is 18.1. The first-order chi connectivity index (χ1) is 9.33. The van der Waals surface area contributed by atoms with Crippen LogP contribution in [0.15, 0.2) is 65.6 Å². The average Bonchev–Trinajstić information content (AvgIpc) is 2.40. The van der Waals surface area contributed by atoms with Crippen LogP contribution in [0.3, 0.4) is 0 Å². The van der Waals surface area contributed by atoms with Gasteiger partial charge in [0.2, 0.25) is 15.8 Å². The minimum atomic E-state index is -4.92. The van der Waals surface area contributed by atoms with E-state index in [1.807, 2.05) is 36.4 Å². The maximum absolute atomic E-state index is 8.63. The molecule has 2 aromatic rings. The SMILES string of the molecule is N#[N+]c1ccc(S)cc1.O=S(=O)([O-])O.c1ccccc1. The first-order valence-electron chi connectivity index (χ1n) is 5.15. The van der Waals surface area contributed by atoms with E-state index in [4.69, 9.17) is 22.9 Å². The van der Waals surface area contributed by atoms with E-state index in [-0.39, 0.29) is 0 Å². The fourth-order valence-electron chi connectivity index (χ4n) is 0.904. The van der Waals surface area contributed by atoms with E-state index < -0.39 is 10.4 Å². The lowest BCUT2D eigenvalue weighted by Crippen LogP contribution is -1.90. The van der Waals surface area contributed by atoms with Crippen molar-refractivity contribution in [2.45, 2.75) is 4.90 Å². The third-order valence-corrected chi connectivity index (χ3v) is 1.93. The molecule has 0 aliphatic rings. The van der Waals surface area contributed by atoms with Crippen LogP contribution in [-0.4, -0.2) is 17.5 Å². The Morgan fingerprint density at radius 1 is 1.00 bits per heavy atom. The molecule has 0 aromatic heterocycles. The van der Waals surface area contributed by atoms with E-state index in [1.54, 1.807) is 24.3 Å². The highest BCUT2D eigenvalue weighted by Crippen LogP contribution is 2.13. The molecule has 0 amide bonds. The van der Waals surface area contributed by atoms with E-state index in [0.29, 0.717) is 5.69 Å². The highest BCUT2D eigenvalue weighted by atomic mass is 32.3. The van der Waals surface area contributed by atoms with Crippen LogP contribution in [0.1, 0.15) is 0 Å². The second kappa shape index (κ2) is 9.94. The Hall–Kier alpha value is -1.92. The zero-order valence-electron chi connectivity index (χ0n) is 10.2. The van der Waals surface area contributed by atoms with Crippen molar-refractivity contribution in [2.24, 2.45) is 0 Å². The van der Waals surface area contributed by atoms with Gasteiger partial charge in [-0.3, -0.25) is 4.55 Å². The number of diazo groups is 1. The van der Waals surface area contributed by atoms with Crippen molar-refractivity contribution >= 4 is 28.7 Å². The molecule has 106 valence electrons. The van der Waals surface area contributed by atoms with Crippen LogP contribution in [0.2, 0.25) is 0 Å². The highest BCUT2D eigenvalue weighted by Gasteiger charge is 1.99. The number of benzene rings is 2. The van der Waals surface area contributed by atoms with E-state index in [1.165, 1.54) is 0 Å². The normalized spacial score (nSPS) is 9.10. The molecule has 0 unspecified atom stereocenters. The van der Waals surface area contributed by atoms with Gasteiger partial charge in [0, 0.05) is 17.0 Å². The summed E-state index contributed by atoms with van der Waals surface area (Å²) in [5.41, 5.74) is 0.549. The lowest BCUT2D eigenvalue weighted by Gasteiger charge is -1.88. The number of hydrogen-bond donors (Lipinski definition) is 2. The van der Waals surface area contributed by atoms with Gasteiger partial charge in [-0.1, -0.05) is 36.4 Å². The van der Waals surface area contributed by atoms with Gasteiger partial charge in [-0.2, -0.15) is 0 Å². The quantitative estimate of drug-likeness (QED) is 0.336. The van der Waals surface area contributed by atoms with Gasteiger partial charge in [0.15, 0.2) is 4.98 Å². The third-order valence-electron chi connectivity index (χ3n) is 1.63. The predicted octanol–water partition coefficient (Wildman–Crippen LogP) is 3.15. The summed E-state index contributed by atoms with van der Waals surface area (Å²) in [5, 5.41) is 8.23. The smallest absolute Gasteiger partial charge is 0.385 e. The second-order valence-electron chi connectivity index (χ2n) is 3.20. The summed E-state index contributed by atoms with van der Waals surface area (Å²) < 4.78 is 32.8. The molecule has 0 radical (unpaired) electrons. The minimum Gasteiger partial charge on any atom is -0.726 e. The van der Waals surface area contributed by atoms with Crippen LogP contribution in [0, 0.1) is 5.39 Å². The fourth-order valence-corrected chi connectivity index (χ4v) is 1.05. The van der Waals surface area contributed by atoms with Gasteiger partial charge in [0.25, 0.3) is 0 Å². The molecule has 2 rings (SSSR count). The van der Waals surface area contributed by atoms with E-state index in [2.05, 4.69) is 17.6 Å². The molecule has 20 heavy (non-hydrogen) atoms. The van der Waals surface area contributed by atoms with E-state index >= 15 is 0 Å². The Morgan fingerprint density at radius 2 is 1.30 bits per heavy atom. The van der Waals surface area contributed by atoms with Gasteiger partial charge >= 0.3 is 5.69 Å².